The van der Waals surface area contributed by atoms with Crippen molar-refractivity contribution in [2.75, 3.05) is 11.9 Å². The van der Waals surface area contributed by atoms with Crippen LogP contribution >= 0.6 is 0 Å². The number of amides is 1. The molecule has 1 aromatic rings. The van der Waals surface area contributed by atoms with Crippen LogP contribution in [0.4, 0.5) is 10.5 Å². The van der Waals surface area contributed by atoms with Gasteiger partial charge in [-0.1, -0.05) is 6.92 Å². The molecule has 0 aromatic heterocycles. The molecule has 2 rings (SSSR count). The van der Waals surface area contributed by atoms with Gasteiger partial charge in [0.2, 0.25) is 0 Å². The third-order valence-corrected chi connectivity index (χ3v) is 3.70. The molecule has 0 radical (unpaired) electrons. The van der Waals surface area contributed by atoms with Crippen molar-refractivity contribution in [3.63, 3.8) is 0 Å². The SMILES string of the molecule is CCC(C)Nc1ccc2c(c1)CC(CNC(=O)OC(C)(C)C)O2. The number of fused-ring (bicyclic) bond motifs is 1. The van der Waals surface area contributed by atoms with E-state index in [1.54, 1.807) is 0 Å². The van der Waals surface area contributed by atoms with Gasteiger partial charge in [0.15, 0.2) is 0 Å². The van der Waals surface area contributed by atoms with E-state index in [0.717, 1.165) is 24.3 Å². The van der Waals surface area contributed by atoms with Gasteiger partial charge in [-0.25, -0.2) is 4.79 Å². The first-order valence-corrected chi connectivity index (χ1v) is 8.30. The lowest BCUT2D eigenvalue weighted by Crippen LogP contribution is -2.38. The van der Waals surface area contributed by atoms with Gasteiger partial charge in [0.1, 0.15) is 17.5 Å². The van der Waals surface area contributed by atoms with Gasteiger partial charge in [0.25, 0.3) is 0 Å². The molecule has 5 nitrogen and oxygen atoms in total. The Hall–Kier alpha value is -1.91. The summed E-state index contributed by atoms with van der Waals surface area (Å²) in [7, 11) is 0. The number of nitrogens with one attached hydrogen (secondary N) is 2. The van der Waals surface area contributed by atoms with Gasteiger partial charge in [-0.3, -0.25) is 0 Å². The Labute approximate surface area is 138 Å². The van der Waals surface area contributed by atoms with Gasteiger partial charge in [0.05, 0.1) is 6.54 Å². The minimum atomic E-state index is -0.486. The molecule has 1 aliphatic rings. The number of anilines is 1. The molecule has 1 heterocycles. The molecule has 1 aliphatic heterocycles. The number of rotatable bonds is 5. The smallest absolute Gasteiger partial charge is 0.407 e. The van der Waals surface area contributed by atoms with Crippen LogP contribution < -0.4 is 15.4 Å². The molecule has 0 saturated heterocycles. The van der Waals surface area contributed by atoms with Crippen molar-refractivity contribution in [3.8, 4) is 5.75 Å². The van der Waals surface area contributed by atoms with Gasteiger partial charge in [0, 0.05) is 18.2 Å². The molecule has 128 valence electrons. The average Bonchev–Trinajstić information content (AvgIpc) is 2.85. The van der Waals surface area contributed by atoms with E-state index in [1.807, 2.05) is 32.9 Å². The third kappa shape index (κ3) is 5.34. The highest BCUT2D eigenvalue weighted by molar-refractivity contribution is 5.67. The van der Waals surface area contributed by atoms with Crippen molar-refractivity contribution in [3.05, 3.63) is 23.8 Å². The predicted molar refractivity (Wildman–Crippen MR) is 92.2 cm³/mol. The zero-order valence-electron chi connectivity index (χ0n) is 14.7. The first-order valence-electron chi connectivity index (χ1n) is 8.30. The number of hydrogen-bond acceptors (Lipinski definition) is 4. The topological polar surface area (TPSA) is 59.6 Å². The van der Waals surface area contributed by atoms with E-state index in [0.29, 0.717) is 12.6 Å². The molecule has 1 amide bonds. The first kappa shape index (κ1) is 17.4. The van der Waals surface area contributed by atoms with Crippen molar-refractivity contribution in [2.45, 2.75) is 65.2 Å². The van der Waals surface area contributed by atoms with Crippen LogP contribution in [-0.4, -0.2) is 30.4 Å². The van der Waals surface area contributed by atoms with E-state index >= 15 is 0 Å². The van der Waals surface area contributed by atoms with Crippen LogP contribution in [0.15, 0.2) is 18.2 Å². The summed E-state index contributed by atoms with van der Waals surface area (Å²) in [4.78, 5) is 11.7. The quantitative estimate of drug-likeness (QED) is 0.868. The van der Waals surface area contributed by atoms with Crippen LogP contribution in [0.3, 0.4) is 0 Å². The summed E-state index contributed by atoms with van der Waals surface area (Å²) in [6.45, 7) is 10.3. The number of alkyl carbamates (subject to hydrolysis) is 1. The summed E-state index contributed by atoms with van der Waals surface area (Å²) in [5, 5.41) is 6.24. The molecule has 0 aliphatic carbocycles. The average molecular weight is 320 g/mol. The van der Waals surface area contributed by atoms with Gasteiger partial charge >= 0.3 is 6.09 Å². The van der Waals surface area contributed by atoms with E-state index in [1.165, 1.54) is 5.56 Å². The molecule has 2 atom stereocenters. The second kappa shape index (κ2) is 7.11. The number of carbonyl (C=O) groups is 1. The van der Waals surface area contributed by atoms with Crippen molar-refractivity contribution >= 4 is 11.8 Å². The molecular formula is C18H28N2O3. The zero-order valence-corrected chi connectivity index (χ0v) is 14.7. The van der Waals surface area contributed by atoms with Crippen LogP contribution in [-0.2, 0) is 11.2 Å². The highest BCUT2D eigenvalue weighted by atomic mass is 16.6. The lowest BCUT2D eigenvalue weighted by molar-refractivity contribution is 0.0506. The summed E-state index contributed by atoms with van der Waals surface area (Å²) < 4.78 is 11.1. The molecule has 23 heavy (non-hydrogen) atoms. The lowest BCUT2D eigenvalue weighted by atomic mass is 10.1. The van der Waals surface area contributed by atoms with E-state index < -0.39 is 11.7 Å². The molecule has 0 saturated carbocycles. The van der Waals surface area contributed by atoms with Gasteiger partial charge in [-0.15, -0.1) is 0 Å². The number of hydrogen-bond donors (Lipinski definition) is 2. The summed E-state index contributed by atoms with van der Waals surface area (Å²) in [6, 6.07) is 6.61. The van der Waals surface area contributed by atoms with E-state index in [2.05, 4.69) is 30.5 Å². The molecule has 2 unspecified atom stereocenters. The fraction of sp³-hybridized carbons (Fsp3) is 0.611. The maximum Gasteiger partial charge on any atom is 0.407 e. The Bertz CT molecular complexity index is 552. The Morgan fingerprint density at radius 1 is 1.43 bits per heavy atom. The second-order valence-corrected chi connectivity index (χ2v) is 7.10. The van der Waals surface area contributed by atoms with Crippen LogP contribution in [0.1, 0.15) is 46.6 Å². The molecule has 2 N–H and O–H groups in total. The van der Waals surface area contributed by atoms with E-state index in [4.69, 9.17) is 9.47 Å². The highest BCUT2D eigenvalue weighted by Crippen LogP contribution is 2.31. The van der Waals surface area contributed by atoms with Crippen molar-refractivity contribution < 1.29 is 14.3 Å². The third-order valence-electron chi connectivity index (χ3n) is 3.70. The zero-order chi connectivity index (χ0) is 17.0. The largest absolute Gasteiger partial charge is 0.488 e. The Balaban J connectivity index is 1.86. The molecule has 5 heteroatoms. The molecule has 0 spiro atoms. The fourth-order valence-corrected chi connectivity index (χ4v) is 2.42. The summed E-state index contributed by atoms with van der Waals surface area (Å²) in [5.74, 6) is 0.899. The van der Waals surface area contributed by atoms with Crippen molar-refractivity contribution in [1.82, 2.24) is 5.32 Å². The Kier molecular flexibility index (Phi) is 5.39. The molecule has 0 fully saturated rings. The highest BCUT2D eigenvalue weighted by Gasteiger charge is 2.24. The second-order valence-electron chi connectivity index (χ2n) is 7.10. The van der Waals surface area contributed by atoms with Crippen LogP contribution in [0, 0.1) is 0 Å². The monoisotopic (exact) mass is 320 g/mol. The van der Waals surface area contributed by atoms with Crippen LogP contribution in [0.2, 0.25) is 0 Å². The predicted octanol–water partition coefficient (Wildman–Crippen LogP) is 3.73. The van der Waals surface area contributed by atoms with Crippen molar-refractivity contribution in [2.24, 2.45) is 0 Å². The molecule has 0 bridgehead atoms. The normalized spacial score (nSPS) is 17.9. The maximum absolute atomic E-state index is 11.7. The van der Waals surface area contributed by atoms with Crippen molar-refractivity contribution in [1.29, 1.82) is 0 Å². The maximum atomic E-state index is 11.7. The minimum absolute atomic E-state index is 0.0450. The number of carbonyl (C=O) groups excluding carboxylic acids is 1. The Morgan fingerprint density at radius 3 is 2.83 bits per heavy atom. The fourth-order valence-electron chi connectivity index (χ4n) is 2.42. The van der Waals surface area contributed by atoms with E-state index in [9.17, 15) is 4.79 Å². The summed E-state index contributed by atoms with van der Waals surface area (Å²) >= 11 is 0. The Morgan fingerprint density at radius 2 is 2.17 bits per heavy atom. The van der Waals surface area contributed by atoms with Crippen LogP contribution in [0.5, 0.6) is 5.75 Å². The lowest BCUT2D eigenvalue weighted by Gasteiger charge is -2.20. The number of benzene rings is 1. The van der Waals surface area contributed by atoms with Gasteiger partial charge in [-0.05, 0) is 57.9 Å². The standard InChI is InChI=1S/C18H28N2O3/c1-6-12(2)20-14-7-8-16-13(9-14)10-15(22-16)11-19-17(21)23-18(3,4)5/h7-9,12,15,20H,6,10-11H2,1-5H3,(H,19,21). The van der Waals surface area contributed by atoms with Crippen LogP contribution in [0.25, 0.3) is 0 Å². The van der Waals surface area contributed by atoms with Gasteiger partial charge < -0.3 is 20.1 Å². The van der Waals surface area contributed by atoms with Gasteiger partial charge in [-0.2, -0.15) is 0 Å². The summed E-state index contributed by atoms with van der Waals surface area (Å²) in [5.41, 5.74) is 1.80. The minimum Gasteiger partial charge on any atom is -0.488 e. The number of ether oxygens (including phenoxy) is 2. The van der Waals surface area contributed by atoms with E-state index in [-0.39, 0.29) is 6.10 Å². The molecular weight excluding hydrogens is 292 g/mol. The first-order chi connectivity index (χ1) is 10.8. The summed E-state index contributed by atoms with van der Waals surface area (Å²) in [6.07, 6.45) is 1.42. The molecule has 1 aromatic carbocycles.